The zero-order chi connectivity index (χ0) is 13.7. The van der Waals surface area contributed by atoms with Crippen LogP contribution < -0.4 is 5.32 Å². The minimum Gasteiger partial charge on any atom is -0.308 e. The van der Waals surface area contributed by atoms with Crippen LogP contribution >= 0.6 is 11.6 Å². The molecular formula is C15H26ClN3. The Bertz CT molecular complexity index is 369. The lowest BCUT2D eigenvalue weighted by Gasteiger charge is -2.20. The minimum absolute atomic E-state index is 0.481. The van der Waals surface area contributed by atoms with Crippen LogP contribution in [-0.4, -0.2) is 21.7 Å². The molecule has 0 bridgehead atoms. The van der Waals surface area contributed by atoms with Crippen molar-refractivity contribution in [1.82, 2.24) is 15.1 Å². The maximum Gasteiger partial charge on any atom is 0.0762 e. The summed E-state index contributed by atoms with van der Waals surface area (Å²) in [7, 11) is 0. The average Bonchev–Trinajstić information content (AvgIpc) is 3.04. The van der Waals surface area contributed by atoms with E-state index in [0.29, 0.717) is 23.9 Å². The average molecular weight is 284 g/mol. The molecule has 0 aromatic carbocycles. The second-order valence-corrected chi connectivity index (χ2v) is 6.31. The molecule has 1 saturated carbocycles. The maximum absolute atomic E-state index is 5.85. The van der Waals surface area contributed by atoms with E-state index in [1.807, 2.05) is 0 Å². The number of rotatable bonds is 7. The van der Waals surface area contributed by atoms with Crippen LogP contribution in [0.25, 0.3) is 0 Å². The van der Waals surface area contributed by atoms with E-state index >= 15 is 0 Å². The molecule has 108 valence electrons. The van der Waals surface area contributed by atoms with E-state index in [4.69, 9.17) is 16.7 Å². The number of nitrogens with one attached hydrogen (secondary N) is 1. The van der Waals surface area contributed by atoms with Crippen LogP contribution in [0.3, 0.4) is 0 Å². The van der Waals surface area contributed by atoms with E-state index in [1.54, 1.807) is 0 Å². The normalized spacial score (nSPS) is 18.3. The van der Waals surface area contributed by atoms with Crippen molar-refractivity contribution in [1.29, 1.82) is 0 Å². The molecule has 1 N–H and O–H groups in total. The minimum atomic E-state index is 0.481. The lowest BCUT2D eigenvalue weighted by molar-refractivity contribution is 0.384. The number of aromatic nitrogens is 2. The second kappa shape index (κ2) is 7.30. The molecule has 19 heavy (non-hydrogen) atoms. The van der Waals surface area contributed by atoms with Crippen LogP contribution in [-0.2, 0) is 6.54 Å². The summed E-state index contributed by atoms with van der Waals surface area (Å²) in [5, 5.41) is 8.28. The van der Waals surface area contributed by atoms with Gasteiger partial charge in [-0.1, -0.05) is 26.7 Å². The van der Waals surface area contributed by atoms with Gasteiger partial charge < -0.3 is 5.32 Å². The summed E-state index contributed by atoms with van der Waals surface area (Å²) in [5.74, 6) is 1.32. The second-order valence-electron chi connectivity index (χ2n) is 5.93. The van der Waals surface area contributed by atoms with Crippen LogP contribution in [0.5, 0.6) is 0 Å². The molecule has 3 nitrogen and oxygen atoms in total. The molecule has 1 unspecified atom stereocenters. The molecule has 1 aliphatic carbocycles. The van der Waals surface area contributed by atoms with Crippen molar-refractivity contribution in [2.45, 2.75) is 64.6 Å². The smallest absolute Gasteiger partial charge is 0.0762 e. The Morgan fingerprint density at radius 3 is 2.79 bits per heavy atom. The molecule has 0 amide bonds. The lowest BCUT2D eigenvalue weighted by Crippen LogP contribution is -2.33. The van der Waals surface area contributed by atoms with Gasteiger partial charge in [0, 0.05) is 24.7 Å². The highest BCUT2D eigenvalue weighted by Crippen LogP contribution is 2.28. The van der Waals surface area contributed by atoms with E-state index in [0.717, 1.165) is 18.7 Å². The Labute approximate surface area is 121 Å². The molecule has 4 heteroatoms. The maximum atomic E-state index is 5.85. The van der Waals surface area contributed by atoms with Crippen molar-refractivity contribution in [3.05, 3.63) is 18.0 Å². The SMILES string of the molecule is CC(C)C(CCCl)NCc1ccn(C2CCCC2)n1. The first-order chi connectivity index (χ1) is 9.20. The highest BCUT2D eigenvalue weighted by atomic mass is 35.5. The van der Waals surface area contributed by atoms with Crippen molar-refractivity contribution >= 4 is 11.6 Å². The predicted molar refractivity (Wildman–Crippen MR) is 80.5 cm³/mol. The number of hydrogen-bond acceptors (Lipinski definition) is 2. The number of hydrogen-bond donors (Lipinski definition) is 1. The summed E-state index contributed by atoms with van der Waals surface area (Å²) in [6, 6.07) is 3.26. The first-order valence-corrected chi connectivity index (χ1v) is 8.07. The fourth-order valence-corrected chi connectivity index (χ4v) is 3.10. The van der Waals surface area contributed by atoms with Gasteiger partial charge in [0.1, 0.15) is 0 Å². The van der Waals surface area contributed by atoms with Gasteiger partial charge >= 0.3 is 0 Å². The molecule has 0 radical (unpaired) electrons. The van der Waals surface area contributed by atoms with Gasteiger partial charge in [0.2, 0.25) is 0 Å². The third-order valence-electron chi connectivity index (χ3n) is 4.13. The first kappa shape index (κ1) is 14.9. The van der Waals surface area contributed by atoms with Gasteiger partial charge in [0.05, 0.1) is 11.7 Å². The van der Waals surface area contributed by atoms with Gasteiger partial charge in [0.15, 0.2) is 0 Å². The number of nitrogens with zero attached hydrogens (tertiary/aromatic N) is 2. The molecule has 0 saturated heterocycles. The van der Waals surface area contributed by atoms with E-state index in [2.05, 4.69) is 36.1 Å². The van der Waals surface area contributed by atoms with Gasteiger partial charge in [-0.15, -0.1) is 11.6 Å². The highest BCUT2D eigenvalue weighted by molar-refractivity contribution is 6.17. The quantitative estimate of drug-likeness (QED) is 0.773. The lowest BCUT2D eigenvalue weighted by atomic mass is 10.0. The van der Waals surface area contributed by atoms with E-state index in [-0.39, 0.29) is 0 Å². The molecule has 1 heterocycles. The third-order valence-corrected chi connectivity index (χ3v) is 4.35. The Hall–Kier alpha value is -0.540. The van der Waals surface area contributed by atoms with Gasteiger partial charge in [-0.3, -0.25) is 4.68 Å². The molecule has 1 aromatic rings. The summed E-state index contributed by atoms with van der Waals surface area (Å²) in [5.41, 5.74) is 1.15. The van der Waals surface area contributed by atoms with Crippen LogP contribution in [0, 0.1) is 5.92 Å². The molecule has 2 rings (SSSR count). The van der Waals surface area contributed by atoms with Crippen LogP contribution in [0.1, 0.15) is 57.7 Å². The van der Waals surface area contributed by atoms with E-state index < -0.39 is 0 Å². The zero-order valence-electron chi connectivity index (χ0n) is 12.1. The monoisotopic (exact) mass is 283 g/mol. The van der Waals surface area contributed by atoms with Gasteiger partial charge in [-0.25, -0.2) is 0 Å². The van der Waals surface area contributed by atoms with Crippen LogP contribution in [0.2, 0.25) is 0 Å². The zero-order valence-corrected chi connectivity index (χ0v) is 12.9. The molecular weight excluding hydrogens is 258 g/mol. The first-order valence-electron chi connectivity index (χ1n) is 7.54. The number of alkyl halides is 1. The van der Waals surface area contributed by atoms with Gasteiger partial charge in [-0.2, -0.15) is 5.10 Å². The van der Waals surface area contributed by atoms with Crippen LogP contribution in [0.4, 0.5) is 0 Å². The van der Waals surface area contributed by atoms with Gasteiger partial charge in [0.25, 0.3) is 0 Å². The molecule has 1 fully saturated rings. The summed E-state index contributed by atoms with van der Waals surface area (Å²) in [6.07, 6.45) is 8.43. The fraction of sp³-hybridized carbons (Fsp3) is 0.800. The van der Waals surface area contributed by atoms with E-state index in [9.17, 15) is 0 Å². The summed E-state index contributed by atoms with van der Waals surface area (Å²) >= 11 is 5.85. The standard InChI is InChI=1S/C15H26ClN3/c1-12(2)15(7-9-16)17-11-13-8-10-19(18-13)14-5-3-4-6-14/h8,10,12,14-15,17H,3-7,9,11H2,1-2H3. The molecule has 0 spiro atoms. The van der Waals surface area contributed by atoms with Crippen LogP contribution in [0.15, 0.2) is 12.3 Å². The highest BCUT2D eigenvalue weighted by Gasteiger charge is 2.18. The Morgan fingerprint density at radius 1 is 1.42 bits per heavy atom. The molecule has 1 aromatic heterocycles. The Balaban J connectivity index is 1.85. The van der Waals surface area contributed by atoms with Crippen molar-refractivity contribution in [3.8, 4) is 0 Å². The fourth-order valence-electron chi connectivity index (χ4n) is 2.87. The topological polar surface area (TPSA) is 29.9 Å². The van der Waals surface area contributed by atoms with Gasteiger partial charge in [-0.05, 0) is 31.2 Å². The Morgan fingerprint density at radius 2 is 2.16 bits per heavy atom. The third kappa shape index (κ3) is 4.22. The molecule has 1 atom stereocenters. The molecule has 0 aliphatic heterocycles. The number of halogens is 1. The summed E-state index contributed by atoms with van der Waals surface area (Å²) < 4.78 is 2.16. The van der Waals surface area contributed by atoms with Crippen molar-refractivity contribution in [2.24, 2.45) is 5.92 Å². The predicted octanol–water partition coefficient (Wildman–Crippen LogP) is 3.74. The van der Waals surface area contributed by atoms with Crippen molar-refractivity contribution in [2.75, 3.05) is 5.88 Å². The van der Waals surface area contributed by atoms with E-state index in [1.165, 1.54) is 25.7 Å². The largest absolute Gasteiger partial charge is 0.308 e. The molecule has 1 aliphatic rings. The Kier molecular flexibility index (Phi) is 5.71. The summed E-state index contributed by atoms with van der Waals surface area (Å²) in [4.78, 5) is 0. The summed E-state index contributed by atoms with van der Waals surface area (Å²) in [6.45, 7) is 5.32. The van der Waals surface area contributed by atoms with Crippen molar-refractivity contribution < 1.29 is 0 Å². The van der Waals surface area contributed by atoms with Crippen molar-refractivity contribution in [3.63, 3.8) is 0 Å².